The van der Waals surface area contributed by atoms with Crippen molar-refractivity contribution in [1.29, 1.82) is 0 Å². The van der Waals surface area contributed by atoms with Crippen LogP contribution in [0.5, 0.6) is 0 Å². The second kappa shape index (κ2) is 7.11. The van der Waals surface area contributed by atoms with Gasteiger partial charge in [-0.05, 0) is 48.7 Å². The summed E-state index contributed by atoms with van der Waals surface area (Å²) in [6, 6.07) is 24.7. The summed E-state index contributed by atoms with van der Waals surface area (Å²) in [5.74, 6) is -1.15. The van der Waals surface area contributed by atoms with Crippen LogP contribution in [0.2, 0.25) is 0 Å². The summed E-state index contributed by atoms with van der Waals surface area (Å²) < 4.78 is 0. The van der Waals surface area contributed by atoms with Gasteiger partial charge >= 0.3 is 0 Å². The summed E-state index contributed by atoms with van der Waals surface area (Å²) in [7, 11) is 0. The molecule has 5 heteroatoms. The Bertz CT molecular complexity index is 1130. The molecule has 0 aliphatic carbocycles. The van der Waals surface area contributed by atoms with Crippen molar-refractivity contribution in [2.24, 2.45) is 5.92 Å². The van der Waals surface area contributed by atoms with Crippen molar-refractivity contribution in [3.63, 3.8) is 0 Å². The minimum Gasteiger partial charge on any atom is -0.273 e. The Morgan fingerprint density at radius 1 is 0.800 bits per heavy atom. The molecule has 2 aliphatic rings. The van der Waals surface area contributed by atoms with E-state index in [-0.39, 0.29) is 17.9 Å². The highest BCUT2D eigenvalue weighted by Crippen LogP contribution is 2.48. The predicted octanol–water partition coefficient (Wildman–Crippen LogP) is 4.35. The van der Waals surface area contributed by atoms with E-state index in [1.807, 2.05) is 86.6 Å². The number of amides is 2. The summed E-state index contributed by atoms with van der Waals surface area (Å²) >= 11 is 0. The van der Waals surface area contributed by atoms with Gasteiger partial charge < -0.3 is 0 Å². The lowest BCUT2D eigenvalue weighted by Crippen LogP contribution is -2.37. The number of benzene rings is 3. The van der Waals surface area contributed by atoms with E-state index in [0.29, 0.717) is 5.69 Å². The Labute approximate surface area is 175 Å². The first kappa shape index (κ1) is 18.6. The van der Waals surface area contributed by atoms with E-state index in [4.69, 9.17) is 4.84 Å². The number of hydrogen-bond acceptors (Lipinski definition) is 4. The van der Waals surface area contributed by atoms with Gasteiger partial charge in [0.1, 0.15) is 5.92 Å². The molecule has 3 atom stereocenters. The second-order valence-electron chi connectivity index (χ2n) is 7.87. The molecule has 3 unspecified atom stereocenters. The van der Waals surface area contributed by atoms with Crippen molar-refractivity contribution >= 4 is 23.2 Å². The molecule has 2 heterocycles. The first-order valence-electron chi connectivity index (χ1n) is 10.1. The van der Waals surface area contributed by atoms with Gasteiger partial charge in [-0.1, -0.05) is 60.7 Å². The normalized spacial score (nSPS) is 23.2. The number of carbonyl (C=O) groups is 2. The van der Waals surface area contributed by atoms with E-state index in [1.165, 1.54) is 4.90 Å². The van der Waals surface area contributed by atoms with Crippen molar-refractivity contribution in [2.45, 2.75) is 26.0 Å². The molecule has 0 spiro atoms. The van der Waals surface area contributed by atoms with Crippen LogP contribution < -0.4 is 9.96 Å². The number of hydroxylamine groups is 1. The van der Waals surface area contributed by atoms with Gasteiger partial charge in [-0.15, -0.1) is 0 Å². The molecule has 2 fully saturated rings. The van der Waals surface area contributed by atoms with E-state index in [1.54, 1.807) is 11.1 Å². The highest BCUT2D eigenvalue weighted by molar-refractivity contribution is 6.24. The van der Waals surface area contributed by atoms with Gasteiger partial charge in [0, 0.05) is 0 Å². The maximum absolute atomic E-state index is 13.6. The Morgan fingerprint density at radius 3 is 2.27 bits per heavy atom. The molecule has 2 saturated heterocycles. The standard InChI is InChI=1S/C25H22N2O3/c1-16-9-8-13-19(15-16)26-24(28)21-22(18-11-4-3-5-12-18)27(30-23(21)25(26)29)20-14-7-6-10-17(20)2/h3-15,21-23H,1-2H3. The number of para-hydroxylation sites is 1. The molecule has 5 nitrogen and oxygen atoms in total. The number of imide groups is 1. The van der Waals surface area contributed by atoms with Gasteiger partial charge in [0.15, 0.2) is 6.10 Å². The fraction of sp³-hybridized carbons (Fsp3) is 0.200. The second-order valence-corrected chi connectivity index (χ2v) is 7.87. The molecule has 0 aromatic heterocycles. The fourth-order valence-corrected chi connectivity index (χ4v) is 4.44. The maximum Gasteiger partial charge on any atom is 0.266 e. The molecule has 30 heavy (non-hydrogen) atoms. The number of rotatable bonds is 3. The summed E-state index contributed by atoms with van der Waals surface area (Å²) in [5, 5.41) is 1.75. The van der Waals surface area contributed by atoms with Gasteiger partial charge in [0.2, 0.25) is 5.91 Å². The SMILES string of the molecule is Cc1cccc(N2C(=O)C3ON(c4ccccc4C)C(c4ccccc4)C3C2=O)c1. The molecule has 2 aliphatic heterocycles. The molecule has 0 bridgehead atoms. The predicted molar refractivity (Wildman–Crippen MR) is 115 cm³/mol. The number of hydrogen-bond donors (Lipinski definition) is 0. The first-order chi connectivity index (χ1) is 14.6. The van der Waals surface area contributed by atoms with Gasteiger partial charge in [-0.2, -0.15) is 0 Å². The molecular formula is C25H22N2O3. The molecule has 0 N–H and O–H groups in total. The number of fused-ring (bicyclic) bond motifs is 1. The van der Waals surface area contributed by atoms with Crippen LogP contribution in [-0.2, 0) is 14.4 Å². The monoisotopic (exact) mass is 398 g/mol. The Morgan fingerprint density at radius 2 is 1.53 bits per heavy atom. The van der Waals surface area contributed by atoms with E-state index >= 15 is 0 Å². The fourth-order valence-electron chi connectivity index (χ4n) is 4.44. The zero-order chi connectivity index (χ0) is 20.8. The molecule has 0 radical (unpaired) electrons. The Hall–Kier alpha value is -3.44. The smallest absolute Gasteiger partial charge is 0.266 e. The van der Waals surface area contributed by atoms with Crippen LogP contribution in [0.4, 0.5) is 11.4 Å². The lowest BCUT2D eigenvalue weighted by molar-refractivity contribution is -0.126. The molecule has 5 rings (SSSR count). The zero-order valence-corrected chi connectivity index (χ0v) is 16.9. The lowest BCUT2D eigenvalue weighted by Gasteiger charge is -2.29. The Balaban J connectivity index is 1.60. The molecule has 2 amide bonds. The molecule has 3 aromatic carbocycles. The largest absolute Gasteiger partial charge is 0.273 e. The Kier molecular flexibility index (Phi) is 4.40. The topological polar surface area (TPSA) is 49.9 Å². The van der Waals surface area contributed by atoms with Crippen LogP contribution in [0.3, 0.4) is 0 Å². The van der Waals surface area contributed by atoms with Crippen LogP contribution in [0.15, 0.2) is 78.9 Å². The van der Waals surface area contributed by atoms with E-state index in [9.17, 15) is 9.59 Å². The van der Waals surface area contributed by atoms with E-state index in [0.717, 1.165) is 22.4 Å². The van der Waals surface area contributed by atoms with Crippen LogP contribution in [0.25, 0.3) is 0 Å². The van der Waals surface area contributed by atoms with Gasteiger partial charge in [-0.25, -0.2) is 9.96 Å². The first-order valence-corrected chi connectivity index (χ1v) is 10.1. The summed E-state index contributed by atoms with van der Waals surface area (Å²) in [6.07, 6.45) is -0.845. The lowest BCUT2D eigenvalue weighted by atomic mass is 9.90. The number of nitrogens with zero attached hydrogens (tertiary/aromatic N) is 2. The quantitative estimate of drug-likeness (QED) is 0.616. The van der Waals surface area contributed by atoms with Crippen molar-refractivity contribution in [3.05, 3.63) is 95.6 Å². The van der Waals surface area contributed by atoms with Crippen molar-refractivity contribution < 1.29 is 14.4 Å². The zero-order valence-electron chi connectivity index (χ0n) is 16.9. The van der Waals surface area contributed by atoms with Gasteiger partial charge in [0.05, 0.1) is 17.4 Å². The van der Waals surface area contributed by atoms with Crippen LogP contribution in [0.1, 0.15) is 22.7 Å². The average Bonchev–Trinajstić information content (AvgIpc) is 3.25. The van der Waals surface area contributed by atoms with Gasteiger partial charge in [-0.3, -0.25) is 14.4 Å². The van der Waals surface area contributed by atoms with Crippen LogP contribution in [-0.4, -0.2) is 17.9 Å². The van der Waals surface area contributed by atoms with Gasteiger partial charge in [0.25, 0.3) is 5.91 Å². The van der Waals surface area contributed by atoms with Crippen molar-refractivity contribution in [2.75, 3.05) is 9.96 Å². The molecule has 3 aromatic rings. The van der Waals surface area contributed by atoms with E-state index < -0.39 is 12.0 Å². The number of carbonyl (C=O) groups excluding carboxylic acids is 2. The average molecular weight is 398 g/mol. The third kappa shape index (κ3) is 2.82. The maximum atomic E-state index is 13.6. The summed E-state index contributed by atoms with van der Waals surface area (Å²) in [4.78, 5) is 34.3. The van der Waals surface area contributed by atoms with E-state index in [2.05, 4.69) is 0 Å². The highest BCUT2D eigenvalue weighted by atomic mass is 16.7. The number of anilines is 2. The van der Waals surface area contributed by atoms with Crippen LogP contribution >= 0.6 is 0 Å². The third-order valence-corrected chi connectivity index (χ3v) is 5.87. The van der Waals surface area contributed by atoms with Crippen LogP contribution in [0, 0.1) is 19.8 Å². The number of aryl methyl sites for hydroxylation is 2. The summed E-state index contributed by atoms with van der Waals surface area (Å²) in [5.41, 5.74) is 4.42. The van der Waals surface area contributed by atoms with Crippen molar-refractivity contribution in [1.82, 2.24) is 0 Å². The molecular weight excluding hydrogens is 376 g/mol. The summed E-state index contributed by atoms with van der Waals surface area (Å²) in [6.45, 7) is 3.94. The highest BCUT2D eigenvalue weighted by Gasteiger charge is 2.60. The minimum atomic E-state index is -0.845. The van der Waals surface area contributed by atoms with Crippen molar-refractivity contribution in [3.8, 4) is 0 Å². The molecule has 150 valence electrons. The minimum absolute atomic E-state index is 0.222. The molecule has 0 saturated carbocycles. The third-order valence-electron chi connectivity index (χ3n) is 5.87.